The normalized spacial score (nSPS) is 13.9. The molecule has 0 rings (SSSR count). The van der Waals surface area contributed by atoms with Gasteiger partial charge in [0.05, 0.1) is 26.4 Å². The van der Waals surface area contributed by atoms with Gasteiger partial charge in [-0.3, -0.25) is 37.3 Å². The van der Waals surface area contributed by atoms with Gasteiger partial charge in [-0.15, -0.1) is 0 Å². The van der Waals surface area contributed by atoms with Crippen LogP contribution in [0.4, 0.5) is 0 Å². The number of hydrogen-bond donors (Lipinski definition) is 3. The van der Waals surface area contributed by atoms with Crippen LogP contribution in [0.2, 0.25) is 0 Å². The lowest BCUT2D eigenvalue weighted by Crippen LogP contribution is -2.30. The van der Waals surface area contributed by atoms with Crippen molar-refractivity contribution in [2.24, 2.45) is 11.8 Å². The van der Waals surface area contributed by atoms with Crippen LogP contribution in [0.15, 0.2) is 0 Å². The SMILES string of the molecule is CCCCCCCCCCCCCCCCCCCCCCCC(=O)O[C@H](COC(=O)CCCCCCCCCCCCCCC(C)C)COP(=O)(O)OC[C@@H](O)COP(=O)(O)OC[C@@H](COC(=O)CCCCCCCCCCCC(C)C)OC(=O)CCCCCCCCCCCCCCCCC. The van der Waals surface area contributed by atoms with Crippen LogP contribution in [0.3, 0.4) is 0 Å². The van der Waals surface area contributed by atoms with E-state index in [1.54, 1.807) is 0 Å². The molecule has 3 N–H and O–H groups in total. The van der Waals surface area contributed by atoms with Crippen molar-refractivity contribution in [3.63, 3.8) is 0 Å². The highest BCUT2D eigenvalue weighted by atomic mass is 31.2. The number of phosphoric acid groups is 2. The largest absolute Gasteiger partial charge is 0.472 e. The second-order valence-electron chi connectivity index (χ2n) is 31.2. The topological polar surface area (TPSA) is 237 Å². The second-order valence-corrected chi connectivity index (χ2v) is 34.1. The van der Waals surface area contributed by atoms with E-state index in [-0.39, 0.29) is 25.7 Å². The van der Waals surface area contributed by atoms with Gasteiger partial charge in [0, 0.05) is 25.7 Å². The maximum Gasteiger partial charge on any atom is 0.472 e. The number of unbranched alkanes of at least 4 members (excludes halogenated alkanes) is 53. The van der Waals surface area contributed by atoms with E-state index >= 15 is 0 Å². The first-order chi connectivity index (χ1) is 49.9. The van der Waals surface area contributed by atoms with Crippen molar-refractivity contribution in [3.05, 3.63) is 0 Å². The van der Waals surface area contributed by atoms with E-state index in [2.05, 4.69) is 41.5 Å². The third-order valence-electron chi connectivity index (χ3n) is 19.7. The summed E-state index contributed by atoms with van der Waals surface area (Å²) in [5, 5.41) is 10.7. The minimum atomic E-state index is -4.96. The summed E-state index contributed by atoms with van der Waals surface area (Å²) in [5.74, 6) is -0.578. The predicted molar refractivity (Wildman–Crippen MR) is 423 cm³/mol. The van der Waals surface area contributed by atoms with Gasteiger partial charge in [0.15, 0.2) is 12.2 Å². The fourth-order valence-corrected chi connectivity index (χ4v) is 14.6. The lowest BCUT2D eigenvalue weighted by Gasteiger charge is -2.21. The monoisotopic (exact) mass is 1510 g/mol. The first kappa shape index (κ1) is 101. The third-order valence-corrected chi connectivity index (χ3v) is 21.6. The average molecular weight is 1510 g/mol. The second kappa shape index (κ2) is 75.5. The zero-order valence-corrected chi connectivity index (χ0v) is 69.4. The highest BCUT2D eigenvalue weighted by Crippen LogP contribution is 2.45. The number of rotatable bonds is 83. The van der Waals surface area contributed by atoms with Gasteiger partial charge in [-0.2, -0.15) is 0 Å². The van der Waals surface area contributed by atoms with Gasteiger partial charge >= 0.3 is 39.5 Å². The van der Waals surface area contributed by atoms with Gasteiger partial charge in [0.1, 0.15) is 19.3 Å². The molecule has 103 heavy (non-hydrogen) atoms. The Morgan fingerprint density at radius 1 is 0.262 bits per heavy atom. The van der Waals surface area contributed by atoms with Crippen LogP contribution < -0.4 is 0 Å². The molecule has 0 fully saturated rings. The molecular formula is C84H164O17P2. The van der Waals surface area contributed by atoms with Crippen LogP contribution in [-0.2, 0) is 65.4 Å². The molecule has 0 spiro atoms. The minimum Gasteiger partial charge on any atom is -0.462 e. The molecule has 0 saturated heterocycles. The molecule has 0 saturated carbocycles. The number of ether oxygens (including phenoxy) is 4. The number of phosphoric ester groups is 2. The van der Waals surface area contributed by atoms with Crippen LogP contribution in [-0.4, -0.2) is 96.7 Å². The summed E-state index contributed by atoms with van der Waals surface area (Å²) in [7, 11) is -9.93. The Morgan fingerprint density at radius 2 is 0.447 bits per heavy atom. The molecule has 0 radical (unpaired) electrons. The average Bonchev–Trinajstić information content (AvgIpc) is 0.917. The highest BCUT2D eigenvalue weighted by Gasteiger charge is 2.30. The number of hydrogen-bond acceptors (Lipinski definition) is 15. The van der Waals surface area contributed by atoms with Crippen LogP contribution in [0.25, 0.3) is 0 Å². The van der Waals surface area contributed by atoms with Crippen LogP contribution in [0.1, 0.15) is 446 Å². The molecule has 0 heterocycles. The fourth-order valence-electron chi connectivity index (χ4n) is 13.1. The number of carbonyl (C=O) groups excluding carboxylic acids is 4. The Kier molecular flexibility index (Phi) is 74.1. The van der Waals surface area contributed by atoms with E-state index in [1.807, 2.05) is 0 Å². The van der Waals surface area contributed by atoms with Crippen molar-refractivity contribution in [1.29, 1.82) is 0 Å². The van der Waals surface area contributed by atoms with Gasteiger partial charge < -0.3 is 33.8 Å². The standard InChI is InChI=1S/C84H164O17P2/c1-7-9-11-13-15-17-19-21-23-24-25-26-27-28-30-32-38-44-51-57-63-69-84(89)100-79(72-94-81(86)66-60-54-48-42-36-34-33-35-40-46-52-58-64-76(3)4)74-98-102(90,91)96-70-78(85)71-97-103(92,93)99-75-80(73-95-82(87)67-61-55-49-45-39-41-47-53-59-65-77(5)6)101-83(88)68-62-56-50-43-37-31-29-22-20-18-16-14-12-10-8-2/h76-80,85H,7-75H2,1-6H3,(H,90,91)(H,92,93)/t78-,79-,80-/m1/s1. The van der Waals surface area contributed by atoms with Crippen LogP contribution in [0.5, 0.6) is 0 Å². The van der Waals surface area contributed by atoms with Gasteiger partial charge in [-0.1, -0.05) is 395 Å². The Hall–Kier alpha value is -1.94. The van der Waals surface area contributed by atoms with Gasteiger partial charge in [-0.25, -0.2) is 9.13 Å². The summed E-state index contributed by atoms with van der Waals surface area (Å²) >= 11 is 0. The molecule has 2 unspecified atom stereocenters. The first-order valence-electron chi connectivity index (χ1n) is 43.5. The fraction of sp³-hybridized carbons (Fsp3) is 0.952. The highest BCUT2D eigenvalue weighted by molar-refractivity contribution is 7.47. The molecule has 0 aromatic heterocycles. The predicted octanol–water partition coefficient (Wildman–Crippen LogP) is 25.5. The van der Waals surface area contributed by atoms with Gasteiger partial charge in [0.2, 0.25) is 0 Å². The van der Waals surface area contributed by atoms with E-state index in [4.69, 9.17) is 37.0 Å². The van der Waals surface area contributed by atoms with Crippen molar-refractivity contribution in [2.75, 3.05) is 39.6 Å². The van der Waals surface area contributed by atoms with Crippen molar-refractivity contribution >= 4 is 39.5 Å². The number of esters is 4. The van der Waals surface area contributed by atoms with E-state index in [1.165, 1.54) is 263 Å². The summed E-state index contributed by atoms with van der Waals surface area (Å²) in [5.41, 5.74) is 0. The summed E-state index contributed by atoms with van der Waals surface area (Å²) < 4.78 is 68.8. The van der Waals surface area contributed by atoms with Gasteiger partial charge in [0.25, 0.3) is 0 Å². The molecule has 17 nitrogen and oxygen atoms in total. The minimum absolute atomic E-state index is 0.108. The summed E-state index contributed by atoms with van der Waals surface area (Å²) in [6.45, 7) is 9.65. The van der Waals surface area contributed by atoms with Crippen molar-refractivity contribution < 1.29 is 80.2 Å². The molecule has 19 heteroatoms. The lowest BCUT2D eigenvalue weighted by molar-refractivity contribution is -0.161. The third kappa shape index (κ3) is 78.0. The zero-order valence-electron chi connectivity index (χ0n) is 67.6. The Bertz CT molecular complexity index is 1980. The maximum atomic E-state index is 13.1. The molecule has 0 aromatic rings. The van der Waals surface area contributed by atoms with Crippen molar-refractivity contribution in [3.8, 4) is 0 Å². The smallest absolute Gasteiger partial charge is 0.462 e. The van der Waals surface area contributed by atoms with E-state index in [0.29, 0.717) is 25.7 Å². The molecular weight excluding hydrogens is 1340 g/mol. The molecule has 612 valence electrons. The number of aliphatic hydroxyl groups excluding tert-OH is 1. The van der Waals surface area contributed by atoms with E-state index in [0.717, 1.165) is 102 Å². The quantitative estimate of drug-likeness (QED) is 0.0222. The number of aliphatic hydroxyl groups is 1. The molecule has 0 aromatic carbocycles. The maximum absolute atomic E-state index is 13.1. The Balaban J connectivity index is 5.24. The van der Waals surface area contributed by atoms with Crippen LogP contribution in [0, 0.1) is 11.8 Å². The lowest BCUT2D eigenvalue weighted by atomic mass is 10.0. The first-order valence-corrected chi connectivity index (χ1v) is 46.5. The van der Waals surface area contributed by atoms with Crippen molar-refractivity contribution in [1.82, 2.24) is 0 Å². The molecule has 0 aliphatic carbocycles. The van der Waals surface area contributed by atoms with Crippen molar-refractivity contribution in [2.45, 2.75) is 464 Å². The molecule has 0 aliphatic heterocycles. The van der Waals surface area contributed by atoms with Gasteiger partial charge in [-0.05, 0) is 37.5 Å². The Labute approximate surface area is 632 Å². The summed E-state index contributed by atoms with van der Waals surface area (Å²) in [4.78, 5) is 73.2. The molecule has 0 amide bonds. The molecule has 0 aliphatic rings. The summed E-state index contributed by atoms with van der Waals surface area (Å²) in [6, 6.07) is 0. The van der Waals surface area contributed by atoms with E-state index < -0.39 is 97.5 Å². The summed E-state index contributed by atoms with van der Waals surface area (Å²) in [6.07, 6.45) is 66.6. The van der Waals surface area contributed by atoms with Crippen LogP contribution >= 0.6 is 15.6 Å². The number of carbonyl (C=O) groups is 4. The van der Waals surface area contributed by atoms with E-state index in [9.17, 15) is 43.2 Å². The zero-order chi connectivity index (χ0) is 75.6. The molecule has 0 bridgehead atoms. The molecule has 5 atom stereocenters. The Morgan fingerprint density at radius 3 is 0.660 bits per heavy atom.